The summed E-state index contributed by atoms with van der Waals surface area (Å²) in [5.74, 6) is 0.929. The molecule has 0 radical (unpaired) electrons. The van der Waals surface area contributed by atoms with Gasteiger partial charge in [0.05, 0.1) is 0 Å². The average Bonchev–Trinajstić information content (AvgIpc) is 2.82. The van der Waals surface area contributed by atoms with Crippen molar-refractivity contribution in [1.29, 1.82) is 0 Å². The van der Waals surface area contributed by atoms with E-state index >= 15 is 0 Å². The van der Waals surface area contributed by atoms with Gasteiger partial charge in [0.25, 0.3) is 0 Å². The van der Waals surface area contributed by atoms with E-state index in [1.165, 1.54) is 62.9 Å². The number of hydrogen-bond donors (Lipinski definition) is 1. The van der Waals surface area contributed by atoms with Crippen LogP contribution in [0.3, 0.4) is 0 Å². The lowest BCUT2D eigenvalue weighted by molar-refractivity contribution is 0.519. The summed E-state index contributed by atoms with van der Waals surface area (Å²) in [5, 5.41) is 0. The minimum absolute atomic E-state index is 0.909. The molecule has 92 valence electrons. The normalized spacial score (nSPS) is 20.6. The molecule has 2 nitrogen and oxygen atoms in total. The monoisotopic (exact) mass is 230 g/mol. The van der Waals surface area contributed by atoms with E-state index < -0.39 is 0 Å². The van der Waals surface area contributed by atoms with Crippen molar-refractivity contribution in [3.05, 3.63) is 23.8 Å². The first-order valence-electron chi connectivity index (χ1n) is 6.96. The zero-order valence-corrected chi connectivity index (χ0v) is 10.5. The van der Waals surface area contributed by atoms with E-state index in [0.717, 1.165) is 11.6 Å². The molecule has 1 aliphatic heterocycles. The summed E-state index contributed by atoms with van der Waals surface area (Å²) >= 11 is 0. The van der Waals surface area contributed by atoms with Crippen LogP contribution in [0.4, 0.5) is 11.4 Å². The molecule has 17 heavy (non-hydrogen) atoms. The summed E-state index contributed by atoms with van der Waals surface area (Å²) in [6.07, 6.45) is 8.21. The fourth-order valence-electron chi connectivity index (χ4n) is 3.39. The van der Waals surface area contributed by atoms with Crippen molar-refractivity contribution < 1.29 is 0 Å². The van der Waals surface area contributed by atoms with Crippen molar-refractivity contribution in [3.63, 3.8) is 0 Å². The number of anilines is 2. The molecule has 3 rings (SSSR count). The third kappa shape index (κ3) is 2.26. The van der Waals surface area contributed by atoms with Gasteiger partial charge in [-0.3, -0.25) is 0 Å². The molecule has 0 spiro atoms. The van der Waals surface area contributed by atoms with Gasteiger partial charge in [0, 0.05) is 24.5 Å². The lowest BCUT2D eigenvalue weighted by Crippen LogP contribution is -2.33. The first-order valence-corrected chi connectivity index (χ1v) is 6.96. The third-order valence-electron chi connectivity index (χ3n) is 4.27. The summed E-state index contributed by atoms with van der Waals surface area (Å²) in [6.45, 7) is 2.49. The number of rotatable bonds is 2. The van der Waals surface area contributed by atoms with Crippen molar-refractivity contribution in [2.45, 2.75) is 38.5 Å². The second kappa shape index (κ2) is 4.59. The van der Waals surface area contributed by atoms with Gasteiger partial charge in [-0.25, -0.2) is 0 Å². The van der Waals surface area contributed by atoms with Gasteiger partial charge in [0.2, 0.25) is 0 Å². The van der Waals surface area contributed by atoms with E-state index in [1.807, 2.05) is 6.07 Å². The number of benzene rings is 1. The minimum Gasteiger partial charge on any atom is -0.399 e. The lowest BCUT2D eigenvalue weighted by Gasteiger charge is -2.33. The Morgan fingerprint density at radius 1 is 1.18 bits per heavy atom. The highest BCUT2D eigenvalue weighted by Gasteiger charge is 2.22. The lowest BCUT2D eigenvalue weighted by atomic mass is 9.99. The molecule has 2 heteroatoms. The summed E-state index contributed by atoms with van der Waals surface area (Å²) in [5.41, 5.74) is 9.68. The van der Waals surface area contributed by atoms with Crippen LogP contribution in [0.15, 0.2) is 18.2 Å². The van der Waals surface area contributed by atoms with E-state index in [9.17, 15) is 0 Å². The van der Waals surface area contributed by atoms with Crippen molar-refractivity contribution in [2.75, 3.05) is 23.7 Å². The summed E-state index contributed by atoms with van der Waals surface area (Å²) < 4.78 is 0. The zero-order chi connectivity index (χ0) is 11.7. The molecule has 1 heterocycles. The van der Waals surface area contributed by atoms with Crippen LogP contribution in [-0.2, 0) is 6.42 Å². The number of nitrogens with zero attached hydrogens (tertiary/aromatic N) is 1. The van der Waals surface area contributed by atoms with Gasteiger partial charge in [0.15, 0.2) is 0 Å². The van der Waals surface area contributed by atoms with Crippen molar-refractivity contribution >= 4 is 11.4 Å². The standard InChI is InChI=1S/C15H22N2/c16-14-7-8-15-13(10-14)6-3-9-17(15)11-12-4-1-2-5-12/h7-8,10,12H,1-6,9,11,16H2. The van der Waals surface area contributed by atoms with Crippen molar-refractivity contribution in [1.82, 2.24) is 0 Å². The number of nitrogens with two attached hydrogens (primary N) is 1. The van der Waals surface area contributed by atoms with Gasteiger partial charge in [-0.15, -0.1) is 0 Å². The van der Waals surface area contributed by atoms with E-state index in [2.05, 4.69) is 17.0 Å². The third-order valence-corrected chi connectivity index (χ3v) is 4.27. The molecule has 1 aliphatic carbocycles. The van der Waals surface area contributed by atoms with E-state index in [-0.39, 0.29) is 0 Å². The van der Waals surface area contributed by atoms with E-state index in [4.69, 9.17) is 5.73 Å². The predicted molar refractivity (Wildman–Crippen MR) is 73.3 cm³/mol. The van der Waals surface area contributed by atoms with Crippen LogP contribution in [0.5, 0.6) is 0 Å². The van der Waals surface area contributed by atoms with Gasteiger partial charge in [0.1, 0.15) is 0 Å². The fourth-order valence-corrected chi connectivity index (χ4v) is 3.39. The minimum atomic E-state index is 0.909. The first-order chi connectivity index (χ1) is 8.33. The Bertz CT molecular complexity index is 394. The highest BCUT2D eigenvalue weighted by molar-refractivity contribution is 5.61. The Morgan fingerprint density at radius 2 is 2.00 bits per heavy atom. The number of aryl methyl sites for hydroxylation is 1. The highest BCUT2D eigenvalue weighted by Crippen LogP contribution is 2.32. The largest absolute Gasteiger partial charge is 0.399 e. The molecule has 0 atom stereocenters. The van der Waals surface area contributed by atoms with Gasteiger partial charge >= 0.3 is 0 Å². The number of hydrogen-bond acceptors (Lipinski definition) is 2. The van der Waals surface area contributed by atoms with Crippen molar-refractivity contribution in [3.8, 4) is 0 Å². The van der Waals surface area contributed by atoms with Crippen LogP contribution in [0.25, 0.3) is 0 Å². The molecule has 1 fully saturated rings. The van der Waals surface area contributed by atoms with E-state index in [0.29, 0.717) is 0 Å². The molecule has 2 aliphatic rings. The quantitative estimate of drug-likeness (QED) is 0.790. The Balaban J connectivity index is 1.78. The van der Waals surface area contributed by atoms with Gasteiger partial charge < -0.3 is 10.6 Å². The van der Waals surface area contributed by atoms with Crippen molar-refractivity contribution in [2.24, 2.45) is 5.92 Å². The molecule has 0 aromatic heterocycles. The Kier molecular flexibility index (Phi) is 2.96. The molecule has 0 unspecified atom stereocenters. The molecule has 1 aromatic carbocycles. The number of fused-ring (bicyclic) bond motifs is 1. The second-order valence-electron chi connectivity index (χ2n) is 5.59. The first kappa shape index (κ1) is 10.9. The number of nitrogen functional groups attached to an aromatic ring is 1. The van der Waals surface area contributed by atoms with Crippen LogP contribution in [0.2, 0.25) is 0 Å². The fraction of sp³-hybridized carbons (Fsp3) is 0.600. The Morgan fingerprint density at radius 3 is 2.82 bits per heavy atom. The highest BCUT2D eigenvalue weighted by atomic mass is 15.1. The maximum absolute atomic E-state index is 5.87. The van der Waals surface area contributed by atoms with E-state index in [1.54, 1.807) is 0 Å². The summed E-state index contributed by atoms with van der Waals surface area (Å²) in [7, 11) is 0. The van der Waals surface area contributed by atoms with Crippen LogP contribution < -0.4 is 10.6 Å². The molecule has 0 amide bonds. The molecule has 1 aromatic rings. The molecule has 0 saturated heterocycles. The topological polar surface area (TPSA) is 29.3 Å². The van der Waals surface area contributed by atoms with Gasteiger partial charge in [-0.2, -0.15) is 0 Å². The Hall–Kier alpha value is -1.18. The SMILES string of the molecule is Nc1ccc2c(c1)CCCN2CC1CCCC1. The predicted octanol–water partition coefficient (Wildman–Crippen LogP) is 3.21. The van der Waals surface area contributed by atoms with Crippen LogP contribution >= 0.6 is 0 Å². The van der Waals surface area contributed by atoms with Gasteiger partial charge in [-0.1, -0.05) is 12.8 Å². The molecule has 2 N–H and O–H groups in total. The zero-order valence-electron chi connectivity index (χ0n) is 10.5. The molecular weight excluding hydrogens is 208 g/mol. The average molecular weight is 230 g/mol. The molecule has 0 bridgehead atoms. The molecular formula is C15H22N2. The Labute approximate surface area is 104 Å². The maximum atomic E-state index is 5.87. The maximum Gasteiger partial charge on any atom is 0.0400 e. The van der Waals surface area contributed by atoms with Crippen LogP contribution in [-0.4, -0.2) is 13.1 Å². The second-order valence-corrected chi connectivity index (χ2v) is 5.59. The van der Waals surface area contributed by atoms with Crippen LogP contribution in [0, 0.1) is 5.92 Å². The van der Waals surface area contributed by atoms with Crippen LogP contribution in [0.1, 0.15) is 37.7 Å². The smallest absolute Gasteiger partial charge is 0.0400 e. The summed E-state index contributed by atoms with van der Waals surface area (Å²) in [6, 6.07) is 6.43. The summed E-state index contributed by atoms with van der Waals surface area (Å²) in [4.78, 5) is 2.59. The molecule has 1 saturated carbocycles. The van der Waals surface area contributed by atoms with Gasteiger partial charge in [-0.05, 0) is 55.4 Å².